The van der Waals surface area contributed by atoms with Gasteiger partial charge in [0.05, 0.1) is 21.3 Å². The molecule has 2 rings (SSSR count). The largest absolute Gasteiger partial charge is 0.497 e. The zero-order valence-corrected chi connectivity index (χ0v) is 14.7. The van der Waals surface area contributed by atoms with E-state index in [1.165, 1.54) is 16.7 Å². The maximum absolute atomic E-state index is 9.14. The van der Waals surface area contributed by atoms with Crippen LogP contribution in [0.15, 0.2) is 36.4 Å². The van der Waals surface area contributed by atoms with Crippen molar-refractivity contribution < 1.29 is 19.3 Å². The summed E-state index contributed by atoms with van der Waals surface area (Å²) in [6.07, 6.45) is 3.42. The summed E-state index contributed by atoms with van der Waals surface area (Å²) in [7, 11) is 4.97. The Morgan fingerprint density at radius 1 is 0.750 bits per heavy atom. The van der Waals surface area contributed by atoms with Crippen LogP contribution in [-0.2, 0) is 19.3 Å². The van der Waals surface area contributed by atoms with Crippen LogP contribution in [0.3, 0.4) is 0 Å². The lowest BCUT2D eigenvalue weighted by molar-refractivity contribution is 0.288. The van der Waals surface area contributed by atoms with E-state index < -0.39 is 0 Å². The zero-order chi connectivity index (χ0) is 17.4. The fourth-order valence-electron chi connectivity index (χ4n) is 2.77. The third-order valence-corrected chi connectivity index (χ3v) is 4.15. The number of aliphatic hydroxyl groups excluding tert-OH is 1. The second kappa shape index (κ2) is 9.18. The molecule has 2 aromatic carbocycles. The monoisotopic (exact) mass is 330 g/mol. The quantitative estimate of drug-likeness (QED) is 0.765. The van der Waals surface area contributed by atoms with E-state index >= 15 is 0 Å². The summed E-state index contributed by atoms with van der Waals surface area (Å²) in [5.74, 6) is 2.35. The van der Waals surface area contributed by atoms with Crippen LogP contribution in [0.25, 0.3) is 0 Å². The summed E-state index contributed by atoms with van der Waals surface area (Å²) in [4.78, 5) is 0. The van der Waals surface area contributed by atoms with Crippen molar-refractivity contribution in [3.05, 3.63) is 53.1 Å². The zero-order valence-electron chi connectivity index (χ0n) is 14.7. The molecule has 0 radical (unpaired) electrons. The first-order valence-electron chi connectivity index (χ1n) is 8.19. The van der Waals surface area contributed by atoms with Crippen LogP contribution < -0.4 is 14.2 Å². The molecule has 1 N–H and O–H groups in total. The maximum Gasteiger partial charge on any atom is 0.161 e. The Morgan fingerprint density at radius 3 is 1.83 bits per heavy atom. The summed E-state index contributed by atoms with van der Waals surface area (Å²) in [6, 6.07) is 12.2. The van der Waals surface area contributed by atoms with Gasteiger partial charge in [0.1, 0.15) is 5.75 Å². The summed E-state index contributed by atoms with van der Waals surface area (Å²) in [5.41, 5.74) is 3.70. The lowest BCUT2D eigenvalue weighted by Crippen LogP contribution is -2.02. The molecule has 0 aliphatic carbocycles. The van der Waals surface area contributed by atoms with Gasteiger partial charge in [-0.25, -0.2) is 0 Å². The van der Waals surface area contributed by atoms with E-state index in [4.69, 9.17) is 19.3 Å². The SMILES string of the molecule is COc1ccc(CCc2cc(OC)c(OC)cc2CCCO)cc1. The molecule has 0 bridgehead atoms. The molecular formula is C20H26O4. The molecule has 0 unspecified atom stereocenters. The molecule has 0 heterocycles. The Labute approximate surface area is 144 Å². The van der Waals surface area contributed by atoms with Crippen LogP contribution in [-0.4, -0.2) is 33.0 Å². The van der Waals surface area contributed by atoms with Crippen molar-refractivity contribution in [3.8, 4) is 17.2 Å². The lowest BCUT2D eigenvalue weighted by Gasteiger charge is -2.15. The standard InChI is InChI=1S/C20H26O4/c1-22-18-10-7-15(8-11-18)6-9-17-14-20(24-3)19(23-2)13-16(17)5-4-12-21/h7-8,10-11,13-14,21H,4-6,9,12H2,1-3H3. The Kier molecular flexibility index (Phi) is 6.94. The van der Waals surface area contributed by atoms with Crippen molar-refractivity contribution in [1.82, 2.24) is 0 Å². The molecule has 4 heteroatoms. The average Bonchev–Trinajstić information content (AvgIpc) is 2.64. The summed E-state index contributed by atoms with van der Waals surface area (Å²) < 4.78 is 16.0. The minimum Gasteiger partial charge on any atom is -0.497 e. The van der Waals surface area contributed by atoms with Crippen molar-refractivity contribution in [2.75, 3.05) is 27.9 Å². The lowest BCUT2D eigenvalue weighted by atomic mass is 9.96. The van der Waals surface area contributed by atoms with Crippen molar-refractivity contribution in [3.63, 3.8) is 0 Å². The summed E-state index contributed by atoms with van der Waals surface area (Å²) in [5, 5.41) is 9.14. The molecule has 0 saturated carbocycles. The fourth-order valence-corrected chi connectivity index (χ4v) is 2.77. The first-order chi connectivity index (χ1) is 11.7. The maximum atomic E-state index is 9.14. The molecule has 0 aliphatic heterocycles. The smallest absolute Gasteiger partial charge is 0.161 e. The average molecular weight is 330 g/mol. The highest BCUT2D eigenvalue weighted by atomic mass is 16.5. The summed E-state index contributed by atoms with van der Waals surface area (Å²) >= 11 is 0. The van der Waals surface area contributed by atoms with Crippen molar-refractivity contribution >= 4 is 0 Å². The molecule has 0 amide bonds. The Balaban J connectivity index is 2.18. The Hall–Kier alpha value is -2.20. The van der Waals surface area contributed by atoms with Gasteiger partial charge in [0.15, 0.2) is 11.5 Å². The number of methoxy groups -OCH3 is 3. The predicted octanol–water partition coefficient (Wildman–Crippen LogP) is 3.42. The third-order valence-electron chi connectivity index (χ3n) is 4.15. The predicted molar refractivity (Wildman–Crippen MR) is 95.4 cm³/mol. The van der Waals surface area contributed by atoms with Crippen LogP contribution in [0.2, 0.25) is 0 Å². The summed E-state index contributed by atoms with van der Waals surface area (Å²) in [6.45, 7) is 0.187. The van der Waals surface area contributed by atoms with Crippen LogP contribution in [0.5, 0.6) is 17.2 Å². The van der Waals surface area contributed by atoms with Crippen LogP contribution in [0.4, 0.5) is 0 Å². The highest BCUT2D eigenvalue weighted by Crippen LogP contribution is 2.32. The van der Waals surface area contributed by atoms with Gasteiger partial charge in [-0.3, -0.25) is 0 Å². The van der Waals surface area contributed by atoms with Gasteiger partial charge in [-0.05, 0) is 66.6 Å². The van der Waals surface area contributed by atoms with Gasteiger partial charge < -0.3 is 19.3 Å². The molecule has 0 aromatic heterocycles. The molecule has 4 nitrogen and oxygen atoms in total. The van der Waals surface area contributed by atoms with E-state index in [-0.39, 0.29) is 6.61 Å². The van der Waals surface area contributed by atoms with Gasteiger partial charge in [0.2, 0.25) is 0 Å². The highest BCUT2D eigenvalue weighted by molar-refractivity contribution is 5.48. The number of hydrogen-bond acceptors (Lipinski definition) is 4. The number of rotatable bonds is 9. The van der Waals surface area contributed by atoms with Gasteiger partial charge in [-0.15, -0.1) is 0 Å². The Bertz CT molecular complexity index is 635. The van der Waals surface area contributed by atoms with Crippen molar-refractivity contribution in [1.29, 1.82) is 0 Å². The number of hydrogen-bond donors (Lipinski definition) is 1. The number of ether oxygens (including phenoxy) is 3. The molecule has 0 saturated heterocycles. The van der Waals surface area contributed by atoms with E-state index in [0.717, 1.165) is 42.9 Å². The molecule has 24 heavy (non-hydrogen) atoms. The molecule has 0 fully saturated rings. The molecule has 0 spiro atoms. The van der Waals surface area contributed by atoms with E-state index in [2.05, 4.69) is 18.2 Å². The van der Waals surface area contributed by atoms with Gasteiger partial charge >= 0.3 is 0 Å². The molecule has 130 valence electrons. The topological polar surface area (TPSA) is 47.9 Å². The normalized spacial score (nSPS) is 10.5. The van der Waals surface area contributed by atoms with Crippen molar-refractivity contribution in [2.45, 2.75) is 25.7 Å². The van der Waals surface area contributed by atoms with Crippen LogP contribution >= 0.6 is 0 Å². The van der Waals surface area contributed by atoms with E-state index in [0.29, 0.717) is 0 Å². The second-order valence-corrected chi connectivity index (χ2v) is 5.65. The van der Waals surface area contributed by atoms with E-state index in [1.54, 1.807) is 21.3 Å². The van der Waals surface area contributed by atoms with Gasteiger partial charge in [0, 0.05) is 6.61 Å². The molecule has 0 atom stereocenters. The molecular weight excluding hydrogens is 304 g/mol. The van der Waals surface area contributed by atoms with E-state index in [9.17, 15) is 0 Å². The minimum atomic E-state index is 0.187. The second-order valence-electron chi connectivity index (χ2n) is 5.65. The Morgan fingerprint density at radius 2 is 1.33 bits per heavy atom. The number of aryl methyl sites for hydroxylation is 3. The van der Waals surface area contributed by atoms with Gasteiger partial charge in [0.25, 0.3) is 0 Å². The van der Waals surface area contributed by atoms with E-state index in [1.807, 2.05) is 18.2 Å². The first kappa shape index (κ1) is 18.1. The van der Waals surface area contributed by atoms with Gasteiger partial charge in [-0.2, -0.15) is 0 Å². The van der Waals surface area contributed by atoms with Gasteiger partial charge in [-0.1, -0.05) is 12.1 Å². The third kappa shape index (κ3) is 4.65. The number of benzene rings is 2. The fraction of sp³-hybridized carbons (Fsp3) is 0.400. The molecule has 0 aliphatic rings. The first-order valence-corrected chi connectivity index (χ1v) is 8.19. The van der Waals surface area contributed by atoms with Crippen molar-refractivity contribution in [2.24, 2.45) is 0 Å². The highest BCUT2D eigenvalue weighted by Gasteiger charge is 2.11. The minimum absolute atomic E-state index is 0.187. The number of aliphatic hydroxyl groups is 1. The molecule has 2 aromatic rings. The van der Waals surface area contributed by atoms with Crippen LogP contribution in [0.1, 0.15) is 23.1 Å². The van der Waals surface area contributed by atoms with Crippen LogP contribution in [0, 0.1) is 0 Å².